The molecule has 0 atom stereocenters. The van der Waals surface area contributed by atoms with Crippen molar-refractivity contribution in [1.29, 1.82) is 0 Å². The highest BCUT2D eigenvalue weighted by Gasteiger charge is 2.08. The molecule has 0 radical (unpaired) electrons. The van der Waals surface area contributed by atoms with Gasteiger partial charge in [0.25, 0.3) is 0 Å². The largest absolute Gasteiger partial charge is 0.462 e. The molecule has 68 valence electrons. The average molecular weight is 190 g/mol. The lowest BCUT2D eigenvalue weighted by atomic mass is 10.2. The number of esters is 1. The highest BCUT2D eigenvalue weighted by Crippen LogP contribution is 2.06. The summed E-state index contributed by atoms with van der Waals surface area (Å²) >= 11 is 0. The smallest absolute Gasteiger partial charge is 0.339 e. The number of H-pyrrole nitrogens is 1. The first-order valence-corrected chi connectivity index (χ1v) is 3.56. The van der Waals surface area contributed by atoms with Gasteiger partial charge in [-0.15, -0.1) is 12.4 Å². The number of aromatic amines is 1. The Morgan fingerprint density at radius 2 is 2.25 bits per heavy atom. The summed E-state index contributed by atoms with van der Waals surface area (Å²) in [5.41, 5.74) is 1.54. The molecule has 0 aliphatic carbocycles. The van der Waals surface area contributed by atoms with Crippen LogP contribution in [0.2, 0.25) is 0 Å². The van der Waals surface area contributed by atoms with Crippen molar-refractivity contribution in [2.45, 2.75) is 13.8 Å². The van der Waals surface area contributed by atoms with Gasteiger partial charge in [-0.05, 0) is 19.4 Å². The van der Waals surface area contributed by atoms with Gasteiger partial charge in [0.05, 0.1) is 12.2 Å². The van der Waals surface area contributed by atoms with E-state index in [-0.39, 0.29) is 18.4 Å². The van der Waals surface area contributed by atoms with Gasteiger partial charge >= 0.3 is 5.97 Å². The van der Waals surface area contributed by atoms with E-state index in [2.05, 4.69) is 4.98 Å². The summed E-state index contributed by atoms with van der Waals surface area (Å²) in [4.78, 5) is 13.9. The zero-order valence-corrected chi connectivity index (χ0v) is 7.90. The Balaban J connectivity index is 0.00000121. The summed E-state index contributed by atoms with van der Waals surface area (Å²) in [6.45, 7) is 4.08. The van der Waals surface area contributed by atoms with E-state index in [1.54, 1.807) is 19.3 Å². The van der Waals surface area contributed by atoms with Gasteiger partial charge in [0.15, 0.2) is 0 Å². The number of carbonyl (C=O) groups is 1. The Hall–Kier alpha value is -0.960. The van der Waals surface area contributed by atoms with Crippen LogP contribution in [0.5, 0.6) is 0 Å². The number of aromatic nitrogens is 1. The first-order valence-electron chi connectivity index (χ1n) is 3.56. The molecule has 0 aliphatic rings. The van der Waals surface area contributed by atoms with Gasteiger partial charge in [0, 0.05) is 12.4 Å². The lowest BCUT2D eigenvalue weighted by Gasteiger charge is -1.98. The third kappa shape index (κ3) is 2.27. The predicted molar refractivity (Wildman–Crippen MR) is 48.7 cm³/mol. The molecule has 0 amide bonds. The van der Waals surface area contributed by atoms with E-state index < -0.39 is 0 Å². The topological polar surface area (TPSA) is 42.1 Å². The van der Waals surface area contributed by atoms with Gasteiger partial charge in [-0.2, -0.15) is 0 Å². The number of aryl methyl sites for hydroxylation is 1. The van der Waals surface area contributed by atoms with E-state index in [0.717, 1.165) is 5.56 Å². The molecule has 1 aromatic rings. The number of hydrogen-bond acceptors (Lipinski definition) is 2. The fourth-order valence-corrected chi connectivity index (χ4v) is 0.870. The van der Waals surface area contributed by atoms with Gasteiger partial charge in [0.1, 0.15) is 0 Å². The second-order valence-electron chi connectivity index (χ2n) is 2.27. The summed E-state index contributed by atoms with van der Waals surface area (Å²) in [6.07, 6.45) is 3.42. The predicted octanol–water partition coefficient (Wildman–Crippen LogP) is 1.92. The van der Waals surface area contributed by atoms with E-state index in [4.69, 9.17) is 4.74 Å². The number of halogens is 1. The highest BCUT2D eigenvalue weighted by molar-refractivity contribution is 5.90. The maximum atomic E-state index is 11.1. The van der Waals surface area contributed by atoms with Crippen LogP contribution >= 0.6 is 12.4 Å². The van der Waals surface area contributed by atoms with E-state index >= 15 is 0 Å². The Bertz CT molecular complexity index is 257. The van der Waals surface area contributed by atoms with Crippen molar-refractivity contribution in [3.63, 3.8) is 0 Å². The van der Waals surface area contributed by atoms with Crippen LogP contribution in [0.1, 0.15) is 22.8 Å². The molecule has 1 aromatic heterocycles. The van der Waals surface area contributed by atoms with Crippen molar-refractivity contribution >= 4 is 18.4 Å². The minimum Gasteiger partial charge on any atom is -0.462 e. The fourth-order valence-electron chi connectivity index (χ4n) is 0.870. The third-order valence-corrected chi connectivity index (χ3v) is 1.45. The molecule has 0 fully saturated rings. The molecular formula is C8H12ClNO2. The van der Waals surface area contributed by atoms with Crippen LogP contribution in [0.15, 0.2) is 12.4 Å². The standard InChI is InChI=1S/C8H11NO2.ClH/c1-3-11-8(10)7-5-9-4-6(7)2;/h4-5,9H,3H2,1-2H3;1H. The fraction of sp³-hybridized carbons (Fsp3) is 0.375. The molecule has 4 heteroatoms. The number of nitrogens with one attached hydrogen (secondary N) is 1. The Kier molecular flexibility index (Phi) is 4.44. The average Bonchev–Trinajstić information content (AvgIpc) is 2.36. The SMILES string of the molecule is CCOC(=O)c1c[nH]cc1C.Cl. The number of rotatable bonds is 2. The molecule has 0 aromatic carbocycles. The van der Waals surface area contributed by atoms with Crippen molar-refractivity contribution in [2.24, 2.45) is 0 Å². The summed E-state index contributed by atoms with van der Waals surface area (Å²) < 4.78 is 4.81. The second kappa shape index (κ2) is 4.83. The molecule has 1 heterocycles. The van der Waals surface area contributed by atoms with E-state index in [1.807, 2.05) is 6.92 Å². The quantitative estimate of drug-likeness (QED) is 0.723. The maximum absolute atomic E-state index is 11.1. The number of ether oxygens (including phenoxy) is 1. The van der Waals surface area contributed by atoms with Gasteiger partial charge in [-0.1, -0.05) is 0 Å². The molecular weight excluding hydrogens is 178 g/mol. The number of carbonyl (C=O) groups excluding carboxylic acids is 1. The monoisotopic (exact) mass is 189 g/mol. The summed E-state index contributed by atoms with van der Waals surface area (Å²) in [7, 11) is 0. The van der Waals surface area contributed by atoms with Gasteiger partial charge in [-0.25, -0.2) is 4.79 Å². The Labute approximate surface area is 77.5 Å². The van der Waals surface area contributed by atoms with Gasteiger partial charge in [-0.3, -0.25) is 0 Å². The van der Waals surface area contributed by atoms with Crippen molar-refractivity contribution in [3.8, 4) is 0 Å². The molecule has 0 aliphatic heterocycles. The van der Waals surface area contributed by atoms with Crippen LogP contribution in [0.3, 0.4) is 0 Å². The summed E-state index contributed by atoms with van der Waals surface area (Å²) in [6, 6.07) is 0. The van der Waals surface area contributed by atoms with Crippen LogP contribution in [-0.2, 0) is 4.74 Å². The Morgan fingerprint density at radius 1 is 1.58 bits per heavy atom. The molecule has 1 rings (SSSR count). The first-order chi connectivity index (χ1) is 5.25. The molecule has 0 saturated carbocycles. The van der Waals surface area contributed by atoms with Crippen LogP contribution in [-0.4, -0.2) is 17.6 Å². The van der Waals surface area contributed by atoms with E-state index in [9.17, 15) is 4.79 Å². The summed E-state index contributed by atoms with van der Waals surface area (Å²) in [5, 5.41) is 0. The van der Waals surface area contributed by atoms with Crippen molar-refractivity contribution in [1.82, 2.24) is 4.98 Å². The second-order valence-corrected chi connectivity index (χ2v) is 2.27. The molecule has 1 N–H and O–H groups in total. The molecule has 0 saturated heterocycles. The third-order valence-electron chi connectivity index (χ3n) is 1.45. The molecule has 0 bridgehead atoms. The van der Waals surface area contributed by atoms with E-state index in [0.29, 0.717) is 12.2 Å². The first kappa shape index (κ1) is 11.0. The zero-order valence-electron chi connectivity index (χ0n) is 7.09. The zero-order chi connectivity index (χ0) is 8.27. The van der Waals surface area contributed by atoms with E-state index in [1.165, 1.54) is 0 Å². The minimum absolute atomic E-state index is 0. The molecule has 12 heavy (non-hydrogen) atoms. The Morgan fingerprint density at radius 3 is 2.67 bits per heavy atom. The van der Waals surface area contributed by atoms with Crippen LogP contribution in [0.4, 0.5) is 0 Å². The normalized spacial score (nSPS) is 8.83. The van der Waals surface area contributed by atoms with Gasteiger partial charge < -0.3 is 9.72 Å². The van der Waals surface area contributed by atoms with Crippen molar-refractivity contribution < 1.29 is 9.53 Å². The highest BCUT2D eigenvalue weighted by atomic mass is 35.5. The van der Waals surface area contributed by atoms with Crippen LogP contribution < -0.4 is 0 Å². The van der Waals surface area contributed by atoms with Crippen molar-refractivity contribution in [3.05, 3.63) is 23.5 Å². The van der Waals surface area contributed by atoms with Gasteiger partial charge in [0.2, 0.25) is 0 Å². The molecule has 0 spiro atoms. The van der Waals surface area contributed by atoms with Crippen LogP contribution in [0, 0.1) is 6.92 Å². The molecule has 0 unspecified atom stereocenters. The van der Waals surface area contributed by atoms with Crippen molar-refractivity contribution in [2.75, 3.05) is 6.61 Å². The summed E-state index contributed by atoms with van der Waals surface area (Å²) in [5.74, 6) is -0.258. The minimum atomic E-state index is -0.258. The molecule has 3 nitrogen and oxygen atoms in total. The number of hydrogen-bond donors (Lipinski definition) is 1. The lowest BCUT2D eigenvalue weighted by Crippen LogP contribution is -2.04. The lowest BCUT2D eigenvalue weighted by molar-refractivity contribution is 0.0526. The maximum Gasteiger partial charge on any atom is 0.339 e. The van der Waals surface area contributed by atoms with Crippen LogP contribution in [0.25, 0.3) is 0 Å².